The minimum atomic E-state index is -3.80. The summed E-state index contributed by atoms with van der Waals surface area (Å²) in [6.45, 7) is 6.12. The molecule has 3 aromatic rings. The molecule has 37 heavy (non-hydrogen) atoms. The topological polar surface area (TPSA) is 94.9 Å². The third-order valence-corrected chi connectivity index (χ3v) is 8.49. The molecule has 0 aliphatic carbocycles. The first-order valence-corrected chi connectivity index (χ1v) is 13.7. The van der Waals surface area contributed by atoms with E-state index >= 15 is 0 Å². The fourth-order valence-electron chi connectivity index (χ4n) is 4.67. The van der Waals surface area contributed by atoms with Gasteiger partial charge in [-0.3, -0.25) is 9.59 Å². The molecule has 2 aromatic carbocycles. The smallest absolute Gasteiger partial charge is 0.306 e. The molecule has 2 atom stereocenters. The number of esters is 1. The molecule has 1 aliphatic rings. The highest BCUT2D eigenvalue weighted by molar-refractivity contribution is 7.89. The number of sulfonamides is 1. The third-order valence-electron chi connectivity index (χ3n) is 6.63. The molecule has 4 rings (SSSR count). The molecule has 0 saturated heterocycles. The first-order chi connectivity index (χ1) is 17.6. The highest BCUT2D eigenvalue weighted by atomic mass is 32.2. The number of pyridine rings is 1. The Balaban J connectivity index is 1.75. The van der Waals surface area contributed by atoms with Crippen LogP contribution in [0.5, 0.6) is 5.75 Å². The highest BCUT2D eigenvalue weighted by Gasteiger charge is 2.33. The molecule has 1 aromatic heterocycles. The number of aryl methyl sites for hydroxylation is 1. The zero-order valence-corrected chi connectivity index (χ0v) is 22.3. The van der Waals surface area contributed by atoms with E-state index in [0.29, 0.717) is 11.4 Å². The maximum atomic E-state index is 13.6. The van der Waals surface area contributed by atoms with Gasteiger partial charge >= 0.3 is 5.97 Å². The largest absolute Gasteiger partial charge is 0.488 e. The third kappa shape index (κ3) is 5.62. The van der Waals surface area contributed by atoms with Crippen molar-refractivity contribution in [3.05, 3.63) is 93.4 Å². The Labute approximate surface area is 217 Å². The average Bonchev–Trinajstić information content (AvgIpc) is 2.94. The summed E-state index contributed by atoms with van der Waals surface area (Å²) in [6, 6.07) is 17.4. The predicted molar refractivity (Wildman–Crippen MR) is 140 cm³/mol. The second-order valence-electron chi connectivity index (χ2n) is 9.27. The van der Waals surface area contributed by atoms with Crippen LogP contribution in [0, 0.1) is 6.92 Å². The molecular weight excluding hydrogens is 492 g/mol. The van der Waals surface area contributed by atoms with Crippen LogP contribution in [0.4, 0.5) is 0 Å². The fourth-order valence-corrected chi connectivity index (χ4v) is 6.28. The van der Waals surface area contributed by atoms with Crippen LogP contribution in [-0.2, 0) is 33.1 Å². The van der Waals surface area contributed by atoms with Gasteiger partial charge in [-0.15, -0.1) is 0 Å². The molecule has 9 heteroatoms. The Bertz CT molecular complexity index is 1460. The van der Waals surface area contributed by atoms with E-state index in [-0.39, 0.29) is 48.6 Å². The van der Waals surface area contributed by atoms with E-state index in [9.17, 15) is 18.0 Å². The summed E-state index contributed by atoms with van der Waals surface area (Å²) in [5, 5.41) is 0. The van der Waals surface area contributed by atoms with Gasteiger partial charge in [0, 0.05) is 31.3 Å². The van der Waals surface area contributed by atoms with Crippen molar-refractivity contribution in [1.29, 1.82) is 0 Å². The van der Waals surface area contributed by atoms with E-state index in [0.717, 1.165) is 16.7 Å². The van der Waals surface area contributed by atoms with Gasteiger partial charge in [0.15, 0.2) is 0 Å². The maximum absolute atomic E-state index is 13.6. The number of ether oxygens (including phenoxy) is 2. The Hall–Kier alpha value is -3.43. The Morgan fingerprint density at radius 3 is 2.65 bits per heavy atom. The summed E-state index contributed by atoms with van der Waals surface area (Å²) in [5.74, 6) is -0.466. The standard InChI is InChI=1S/C28H32N2O6S/c1-5-35-28(32)16-23(24-9-8-12-27(31)29(24)4)21-14-13-19(2)22(15-21)18-30-17-20(3)36-25-10-6-7-11-26(25)37(30,33)34/h6-15,20,23H,5,16-18H2,1-4H3. The number of para-hydroxylation sites is 1. The van der Waals surface area contributed by atoms with Crippen molar-refractivity contribution in [2.75, 3.05) is 13.2 Å². The van der Waals surface area contributed by atoms with E-state index in [2.05, 4.69) is 0 Å². The summed E-state index contributed by atoms with van der Waals surface area (Å²) in [7, 11) is -2.13. The summed E-state index contributed by atoms with van der Waals surface area (Å²) < 4.78 is 41.2. The number of aromatic nitrogens is 1. The second kappa shape index (κ2) is 10.9. The zero-order chi connectivity index (χ0) is 26.7. The Morgan fingerprint density at radius 1 is 1.14 bits per heavy atom. The number of hydrogen-bond acceptors (Lipinski definition) is 6. The molecule has 196 valence electrons. The molecule has 0 saturated carbocycles. The molecule has 2 heterocycles. The normalized spacial score (nSPS) is 17.8. The zero-order valence-electron chi connectivity index (χ0n) is 21.5. The lowest BCUT2D eigenvalue weighted by Gasteiger charge is -2.24. The van der Waals surface area contributed by atoms with E-state index < -0.39 is 15.9 Å². The first kappa shape index (κ1) is 26.6. The molecule has 0 amide bonds. The van der Waals surface area contributed by atoms with Gasteiger partial charge in [0.2, 0.25) is 15.6 Å². The molecule has 8 nitrogen and oxygen atoms in total. The predicted octanol–water partition coefficient (Wildman–Crippen LogP) is 3.75. The summed E-state index contributed by atoms with van der Waals surface area (Å²) in [4.78, 5) is 25.0. The van der Waals surface area contributed by atoms with Gasteiger partial charge in [0.25, 0.3) is 0 Å². The average molecular weight is 525 g/mol. The first-order valence-electron chi connectivity index (χ1n) is 12.3. The van der Waals surface area contributed by atoms with Crippen molar-refractivity contribution in [1.82, 2.24) is 8.87 Å². The highest BCUT2D eigenvalue weighted by Crippen LogP contribution is 2.33. The lowest BCUT2D eigenvalue weighted by molar-refractivity contribution is -0.143. The molecule has 0 radical (unpaired) electrons. The molecular formula is C28H32N2O6S. The minimum Gasteiger partial charge on any atom is -0.488 e. The summed E-state index contributed by atoms with van der Waals surface area (Å²) in [6.07, 6.45) is -0.286. The minimum absolute atomic E-state index is 0.0495. The van der Waals surface area contributed by atoms with E-state index in [4.69, 9.17) is 9.47 Å². The number of rotatable bonds is 7. The van der Waals surface area contributed by atoms with E-state index in [1.807, 2.05) is 38.1 Å². The van der Waals surface area contributed by atoms with Gasteiger partial charge in [-0.2, -0.15) is 4.31 Å². The molecule has 0 fully saturated rings. The van der Waals surface area contributed by atoms with Crippen molar-refractivity contribution >= 4 is 16.0 Å². The van der Waals surface area contributed by atoms with Crippen molar-refractivity contribution in [3.63, 3.8) is 0 Å². The van der Waals surface area contributed by atoms with Crippen molar-refractivity contribution in [3.8, 4) is 5.75 Å². The van der Waals surface area contributed by atoms with Gasteiger partial charge < -0.3 is 14.0 Å². The SMILES string of the molecule is CCOC(=O)CC(c1ccc(C)c(CN2CC(C)Oc3ccccc3S2(=O)=O)c1)c1cccc(=O)n1C. The maximum Gasteiger partial charge on any atom is 0.306 e. The Morgan fingerprint density at radius 2 is 1.89 bits per heavy atom. The van der Waals surface area contributed by atoms with E-state index in [1.54, 1.807) is 44.3 Å². The Kier molecular flexibility index (Phi) is 7.85. The van der Waals surface area contributed by atoms with Gasteiger partial charge in [-0.1, -0.05) is 36.4 Å². The van der Waals surface area contributed by atoms with Gasteiger partial charge in [-0.05, 0) is 55.7 Å². The number of fused-ring (bicyclic) bond motifs is 1. The lowest BCUT2D eigenvalue weighted by atomic mass is 9.89. The number of nitrogens with zero attached hydrogens (tertiary/aromatic N) is 2. The molecule has 0 spiro atoms. The fraction of sp³-hybridized carbons (Fsp3) is 0.357. The van der Waals surface area contributed by atoms with Crippen LogP contribution in [0.1, 0.15) is 48.6 Å². The van der Waals surface area contributed by atoms with Gasteiger partial charge in [0.1, 0.15) is 16.7 Å². The second-order valence-corrected chi connectivity index (χ2v) is 11.2. The quantitative estimate of drug-likeness (QED) is 0.437. The summed E-state index contributed by atoms with van der Waals surface area (Å²) >= 11 is 0. The van der Waals surface area contributed by atoms with Crippen LogP contribution in [0.25, 0.3) is 0 Å². The molecule has 0 N–H and O–H groups in total. The van der Waals surface area contributed by atoms with Crippen molar-refractivity contribution < 1.29 is 22.7 Å². The molecule has 0 bridgehead atoms. The van der Waals surface area contributed by atoms with Crippen LogP contribution in [0.3, 0.4) is 0 Å². The molecule has 1 aliphatic heterocycles. The van der Waals surface area contributed by atoms with Crippen LogP contribution in [0.2, 0.25) is 0 Å². The number of benzene rings is 2. The van der Waals surface area contributed by atoms with E-state index in [1.165, 1.54) is 14.9 Å². The molecule has 2 unspecified atom stereocenters. The van der Waals surface area contributed by atoms with Crippen LogP contribution in [-0.4, -0.2) is 42.5 Å². The van der Waals surface area contributed by atoms with Gasteiger partial charge in [0.05, 0.1) is 19.6 Å². The monoisotopic (exact) mass is 524 g/mol. The number of hydrogen-bond donors (Lipinski definition) is 0. The van der Waals surface area contributed by atoms with Crippen molar-refractivity contribution in [2.45, 2.75) is 50.7 Å². The number of carbonyl (C=O) groups is 1. The van der Waals surface area contributed by atoms with Gasteiger partial charge in [-0.25, -0.2) is 8.42 Å². The van der Waals surface area contributed by atoms with Crippen LogP contribution < -0.4 is 10.3 Å². The van der Waals surface area contributed by atoms with Crippen LogP contribution >= 0.6 is 0 Å². The summed E-state index contributed by atoms with van der Waals surface area (Å²) in [5.41, 5.74) is 3.02. The number of carbonyl (C=O) groups excluding carboxylic acids is 1. The lowest BCUT2D eigenvalue weighted by Crippen LogP contribution is -2.35. The van der Waals surface area contributed by atoms with Crippen molar-refractivity contribution in [2.24, 2.45) is 7.05 Å². The van der Waals surface area contributed by atoms with Crippen LogP contribution in [0.15, 0.2) is 70.4 Å².